The Kier molecular flexibility index (Phi) is 2.15. The molecule has 0 aliphatic heterocycles. The summed E-state index contributed by atoms with van der Waals surface area (Å²) < 4.78 is 0. The first-order valence-electron chi connectivity index (χ1n) is 4.42. The number of nitrogens with two attached hydrogens (primary N) is 1. The maximum absolute atomic E-state index is 5.76. The molecule has 0 amide bonds. The Hall–Kier alpha value is -0.410. The highest BCUT2D eigenvalue weighted by atomic mass is 32.1. The van der Waals surface area contributed by atoms with Gasteiger partial charge < -0.3 is 5.73 Å². The summed E-state index contributed by atoms with van der Waals surface area (Å²) in [7, 11) is 0. The van der Waals surface area contributed by atoms with Gasteiger partial charge in [0, 0.05) is 5.38 Å². The van der Waals surface area contributed by atoms with Crippen molar-refractivity contribution >= 4 is 11.3 Å². The molecule has 1 saturated carbocycles. The molecule has 0 atom stereocenters. The van der Waals surface area contributed by atoms with Gasteiger partial charge in [-0.1, -0.05) is 6.42 Å². The normalized spacial score (nSPS) is 20.4. The van der Waals surface area contributed by atoms with E-state index in [-0.39, 0.29) is 0 Å². The quantitative estimate of drug-likeness (QED) is 0.774. The van der Waals surface area contributed by atoms with E-state index in [0.717, 1.165) is 13.0 Å². The van der Waals surface area contributed by atoms with Crippen molar-refractivity contribution in [1.29, 1.82) is 0 Å². The predicted octanol–water partition coefficient (Wildman–Crippen LogP) is 1.81. The Labute approximate surface area is 76.8 Å². The second-order valence-corrected chi connectivity index (χ2v) is 4.43. The highest BCUT2D eigenvalue weighted by Crippen LogP contribution is 2.42. The summed E-state index contributed by atoms with van der Waals surface area (Å²) in [6.07, 6.45) is 5.02. The van der Waals surface area contributed by atoms with Gasteiger partial charge in [0.25, 0.3) is 0 Å². The molecule has 1 aromatic heterocycles. The summed E-state index contributed by atoms with van der Waals surface area (Å²) in [5.74, 6) is 0. The van der Waals surface area contributed by atoms with Crippen LogP contribution in [0.5, 0.6) is 0 Å². The second kappa shape index (κ2) is 3.15. The van der Waals surface area contributed by atoms with Gasteiger partial charge in [-0.3, -0.25) is 0 Å². The minimum absolute atomic E-state index is 0.411. The van der Waals surface area contributed by atoms with Crippen LogP contribution in [0, 0.1) is 5.41 Å². The van der Waals surface area contributed by atoms with Crippen molar-refractivity contribution < 1.29 is 0 Å². The lowest BCUT2D eigenvalue weighted by atomic mass is 9.66. The number of hydrogen-bond donors (Lipinski definition) is 1. The van der Waals surface area contributed by atoms with Crippen LogP contribution in [-0.2, 0) is 6.42 Å². The average Bonchev–Trinajstić information content (AvgIpc) is 2.49. The molecule has 2 N–H and O–H groups in total. The highest BCUT2D eigenvalue weighted by molar-refractivity contribution is 7.07. The molecule has 0 aromatic carbocycles. The van der Waals surface area contributed by atoms with E-state index in [1.807, 2.05) is 5.51 Å². The third-order valence-corrected chi connectivity index (χ3v) is 3.52. The van der Waals surface area contributed by atoms with Gasteiger partial charge in [0.05, 0.1) is 11.2 Å². The molecule has 0 radical (unpaired) electrons. The van der Waals surface area contributed by atoms with E-state index in [1.54, 1.807) is 11.3 Å². The largest absolute Gasteiger partial charge is 0.330 e. The van der Waals surface area contributed by atoms with E-state index < -0.39 is 0 Å². The number of hydrogen-bond acceptors (Lipinski definition) is 3. The standard InChI is InChI=1S/C9H14N2S/c10-6-9(2-1-3-9)4-8-5-12-7-11-8/h5,7H,1-4,6,10H2. The molecule has 1 heterocycles. The maximum Gasteiger partial charge on any atom is 0.0794 e. The van der Waals surface area contributed by atoms with Gasteiger partial charge in [-0.25, -0.2) is 4.98 Å². The highest BCUT2D eigenvalue weighted by Gasteiger charge is 2.35. The van der Waals surface area contributed by atoms with Crippen LogP contribution >= 0.6 is 11.3 Å². The van der Waals surface area contributed by atoms with E-state index in [4.69, 9.17) is 5.73 Å². The van der Waals surface area contributed by atoms with Crippen LogP contribution < -0.4 is 5.73 Å². The zero-order valence-electron chi connectivity index (χ0n) is 7.12. The van der Waals surface area contributed by atoms with Gasteiger partial charge in [-0.15, -0.1) is 11.3 Å². The van der Waals surface area contributed by atoms with E-state index in [1.165, 1.54) is 25.0 Å². The summed E-state index contributed by atoms with van der Waals surface area (Å²) in [6, 6.07) is 0. The fourth-order valence-corrected chi connectivity index (χ4v) is 2.40. The van der Waals surface area contributed by atoms with E-state index in [2.05, 4.69) is 10.4 Å². The molecule has 3 heteroatoms. The molecule has 1 aliphatic rings. The van der Waals surface area contributed by atoms with Crippen LogP contribution in [0.1, 0.15) is 25.0 Å². The van der Waals surface area contributed by atoms with Crippen LogP contribution in [0.4, 0.5) is 0 Å². The Morgan fingerprint density at radius 1 is 1.58 bits per heavy atom. The first-order chi connectivity index (χ1) is 5.85. The second-order valence-electron chi connectivity index (χ2n) is 3.71. The number of nitrogens with zero attached hydrogens (tertiary/aromatic N) is 1. The van der Waals surface area contributed by atoms with Gasteiger partial charge in [-0.05, 0) is 31.2 Å². The fraction of sp³-hybridized carbons (Fsp3) is 0.667. The summed E-state index contributed by atoms with van der Waals surface area (Å²) in [4.78, 5) is 4.29. The van der Waals surface area contributed by atoms with Crippen molar-refractivity contribution in [3.63, 3.8) is 0 Å². The van der Waals surface area contributed by atoms with E-state index >= 15 is 0 Å². The summed E-state index contributed by atoms with van der Waals surface area (Å²) in [5, 5.41) is 2.13. The smallest absolute Gasteiger partial charge is 0.0794 e. The number of rotatable bonds is 3. The Balaban J connectivity index is 2.01. The predicted molar refractivity (Wildman–Crippen MR) is 51.2 cm³/mol. The molecule has 0 unspecified atom stereocenters. The van der Waals surface area contributed by atoms with Crippen molar-refractivity contribution in [1.82, 2.24) is 4.98 Å². The molecule has 0 spiro atoms. The van der Waals surface area contributed by atoms with Crippen molar-refractivity contribution in [2.75, 3.05) is 6.54 Å². The first-order valence-corrected chi connectivity index (χ1v) is 5.36. The van der Waals surface area contributed by atoms with Crippen molar-refractivity contribution in [2.24, 2.45) is 11.1 Å². The fourth-order valence-electron chi connectivity index (χ4n) is 1.84. The molecule has 2 nitrogen and oxygen atoms in total. The summed E-state index contributed by atoms with van der Waals surface area (Å²) in [6.45, 7) is 0.824. The minimum atomic E-state index is 0.411. The van der Waals surface area contributed by atoms with Gasteiger partial charge in [0.1, 0.15) is 0 Å². The SMILES string of the molecule is NCC1(Cc2cscn2)CCC1. The van der Waals surface area contributed by atoms with E-state index in [9.17, 15) is 0 Å². The molecular formula is C9H14N2S. The zero-order valence-corrected chi connectivity index (χ0v) is 7.94. The van der Waals surface area contributed by atoms with E-state index in [0.29, 0.717) is 5.41 Å². The van der Waals surface area contributed by atoms with Gasteiger partial charge >= 0.3 is 0 Å². The lowest BCUT2D eigenvalue weighted by Gasteiger charge is -2.40. The van der Waals surface area contributed by atoms with Gasteiger partial charge in [-0.2, -0.15) is 0 Å². The molecule has 0 saturated heterocycles. The molecular weight excluding hydrogens is 168 g/mol. The van der Waals surface area contributed by atoms with Crippen LogP contribution in [0.2, 0.25) is 0 Å². The topological polar surface area (TPSA) is 38.9 Å². The first kappa shape index (κ1) is 8.20. The van der Waals surface area contributed by atoms with Crippen LogP contribution in [0.25, 0.3) is 0 Å². The van der Waals surface area contributed by atoms with Crippen LogP contribution in [0.3, 0.4) is 0 Å². The maximum atomic E-state index is 5.76. The van der Waals surface area contributed by atoms with Gasteiger partial charge in [0.2, 0.25) is 0 Å². The molecule has 66 valence electrons. The number of aromatic nitrogens is 1. The minimum Gasteiger partial charge on any atom is -0.330 e. The Morgan fingerprint density at radius 3 is 2.83 bits per heavy atom. The summed E-state index contributed by atoms with van der Waals surface area (Å²) >= 11 is 1.67. The lowest BCUT2D eigenvalue weighted by molar-refractivity contribution is 0.143. The van der Waals surface area contributed by atoms with Crippen LogP contribution in [0.15, 0.2) is 10.9 Å². The molecule has 2 rings (SSSR count). The molecule has 0 bridgehead atoms. The molecule has 1 fully saturated rings. The van der Waals surface area contributed by atoms with Crippen molar-refractivity contribution in [2.45, 2.75) is 25.7 Å². The third-order valence-electron chi connectivity index (χ3n) is 2.89. The molecule has 1 aliphatic carbocycles. The monoisotopic (exact) mass is 182 g/mol. The summed E-state index contributed by atoms with van der Waals surface area (Å²) in [5.41, 5.74) is 9.30. The van der Waals surface area contributed by atoms with Crippen LogP contribution in [-0.4, -0.2) is 11.5 Å². The van der Waals surface area contributed by atoms with Gasteiger partial charge in [0.15, 0.2) is 0 Å². The average molecular weight is 182 g/mol. The zero-order chi connectivity index (χ0) is 8.44. The Morgan fingerprint density at radius 2 is 2.42 bits per heavy atom. The van der Waals surface area contributed by atoms with Crippen molar-refractivity contribution in [3.05, 3.63) is 16.6 Å². The Bertz CT molecular complexity index is 234. The lowest BCUT2D eigenvalue weighted by Crippen LogP contribution is -2.39. The van der Waals surface area contributed by atoms with Crippen molar-refractivity contribution in [3.8, 4) is 0 Å². The number of thiazole rings is 1. The third kappa shape index (κ3) is 1.39. The molecule has 12 heavy (non-hydrogen) atoms. The molecule has 1 aromatic rings.